The zero-order chi connectivity index (χ0) is 14.5. The minimum atomic E-state index is -1.09. The number of carboxylic acids is 1. The summed E-state index contributed by atoms with van der Waals surface area (Å²) in [6.45, 7) is 0.00803. The normalized spacial score (nSPS) is 14.0. The molecule has 0 aromatic heterocycles. The summed E-state index contributed by atoms with van der Waals surface area (Å²) >= 11 is 0. The Morgan fingerprint density at radius 2 is 2.10 bits per heavy atom. The molecule has 7 heteroatoms. The van der Waals surface area contributed by atoms with Gasteiger partial charge in [-0.15, -0.1) is 0 Å². The molecule has 2 amide bonds. The predicted octanol–water partition coefficient (Wildman–Crippen LogP) is 0.0360. The van der Waals surface area contributed by atoms with Crippen molar-refractivity contribution in [2.24, 2.45) is 0 Å². The molecule has 7 nitrogen and oxygen atoms in total. The van der Waals surface area contributed by atoms with Gasteiger partial charge in [0, 0.05) is 13.0 Å². The summed E-state index contributed by atoms with van der Waals surface area (Å²) in [4.78, 5) is 35.4. The van der Waals surface area contributed by atoms with Crippen LogP contribution in [-0.2, 0) is 14.4 Å². The summed E-state index contributed by atoms with van der Waals surface area (Å²) in [6, 6.07) is 7.19. The number of carbonyl (C=O) groups is 3. The lowest BCUT2D eigenvalue weighted by atomic mass is 10.2. The molecule has 0 fully saturated rings. The van der Waals surface area contributed by atoms with Gasteiger partial charge in [0.05, 0.1) is 17.9 Å². The summed E-state index contributed by atoms with van der Waals surface area (Å²) in [5, 5.41) is 13.6. The van der Waals surface area contributed by atoms with Crippen LogP contribution in [0.5, 0.6) is 0 Å². The van der Waals surface area contributed by atoms with Gasteiger partial charge in [-0.2, -0.15) is 0 Å². The molecule has 2 rings (SSSR count). The van der Waals surface area contributed by atoms with Crippen LogP contribution >= 0.6 is 0 Å². The van der Waals surface area contributed by atoms with Crippen molar-refractivity contribution >= 4 is 29.2 Å². The van der Waals surface area contributed by atoms with Gasteiger partial charge in [-0.1, -0.05) is 12.1 Å². The van der Waals surface area contributed by atoms with Gasteiger partial charge >= 0.3 is 5.97 Å². The van der Waals surface area contributed by atoms with E-state index in [0.29, 0.717) is 12.2 Å². The highest BCUT2D eigenvalue weighted by molar-refractivity contribution is 5.97. The summed E-state index contributed by atoms with van der Waals surface area (Å²) in [6.07, 6.45) is 0.279. The fraction of sp³-hybridized carbons (Fsp3) is 0.308. The van der Waals surface area contributed by atoms with Crippen LogP contribution in [-0.4, -0.2) is 42.5 Å². The van der Waals surface area contributed by atoms with Gasteiger partial charge in [0.1, 0.15) is 6.54 Å². The third-order valence-corrected chi connectivity index (χ3v) is 2.90. The molecule has 0 saturated carbocycles. The zero-order valence-electron chi connectivity index (χ0n) is 10.8. The molecular weight excluding hydrogens is 262 g/mol. The van der Waals surface area contributed by atoms with Crippen LogP contribution in [0.3, 0.4) is 0 Å². The molecule has 3 N–H and O–H groups in total. The number of nitrogens with zero attached hydrogens (tertiary/aromatic N) is 1. The maximum Gasteiger partial charge on any atom is 0.322 e. The van der Waals surface area contributed by atoms with E-state index in [2.05, 4.69) is 10.6 Å². The van der Waals surface area contributed by atoms with Crippen molar-refractivity contribution in [2.75, 3.05) is 29.9 Å². The number of fused-ring (bicyclic) bond motifs is 1. The lowest BCUT2D eigenvalue weighted by Gasteiger charge is -2.23. The van der Waals surface area contributed by atoms with Crippen molar-refractivity contribution in [1.82, 2.24) is 5.32 Å². The average Bonchev–Trinajstić information content (AvgIpc) is 2.56. The van der Waals surface area contributed by atoms with E-state index in [4.69, 9.17) is 5.11 Å². The molecule has 0 atom stereocenters. The van der Waals surface area contributed by atoms with E-state index >= 15 is 0 Å². The zero-order valence-corrected chi connectivity index (χ0v) is 10.8. The molecule has 106 valence electrons. The van der Waals surface area contributed by atoms with Crippen LogP contribution in [0.25, 0.3) is 0 Å². The Morgan fingerprint density at radius 3 is 2.85 bits per heavy atom. The first-order chi connectivity index (χ1) is 9.56. The third-order valence-electron chi connectivity index (χ3n) is 2.90. The molecule has 0 radical (unpaired) electrons. The Kier molecular flexibility index (Phi) is 4.19. The minimum absolute atomic E-state index is 0.0131. The predicted molar refractivity (Wildman–Crippen MR) is 72.5 cm³/mol. The van der Waals surface area contributed by atoms with Gasteiger partial charge < -0.3 is 20.6 Å². The van der Waals surface area contributed by atoms with Crippen LogP contribution in [0, 0.1) is 0 Å². The van der Waals surface area contributed by atoms with Crippen LogP contribution in [0.2, 0.25) is 0 Å². The monoisotopic (exact) mass is 277 g/mol. The highest BCUT2D eigenvalue weighted by Crippen LogP contribution is 2.27. The highest BCUT2D eigenvalue weighted by atomic mass is 16.4. The molecule has 0 saturated heterocycles. The number of hydrogen-bond donors (Lipinski definition) is 3. The topological polar surface area (TPSA) is 98.7 Å². The molecule has 0 spiro atoms. The fourth-order valence-electron chi connectivity index (χ4n) is 1.99. The van der Waals surface area contributed by atoms with Crippen molar-refractivity contribution in [3.8, 4) is 0 Å². The van der Waals surface area contributed by atoms with Gasteiger partial charge in [-0.3, -0.25) is 14.4 Å². The van der Waals surface area contributed by atoms with Crippen LogP contribution in [0.15, 0.2) is 24.3 Å². The number of carboxylic acid groups (broad SMARTS) is 1. The van der Waals surface area contributed by atoms with Crippen LogP contribution < -0.4 is 15.5 Å². The summed E-state index contributed by atoms with van der Waals surface area (Å²) in [5.74, 6) is -1.59. The second kappa shape index (κ2) is 6.05. The molecule has 1 aromatic carbocycles. The lowest BCUT2D eigenvalue weighted by Crippen LogP contribution is -2.39. The van der Waals surface area contributed by atoms with E-state index in [1.54, 1.807) is 17.0 Å². The number of rotatable bonds is 4. The second-order valence-corrected chi connectivity index (χ2v) is 4.41. The van der Waals surface area contributed by atoms with Gasteiger partial charge in [0.2, 0.25) is 11.8 Å². The molecule has 0 bridgehead atoms. The quantitative estimate of drug-likeness (QED) is 0.721. The lowest BCUT2D eigenvalue weighted by molar-refractivity contribution is -0.137. The van der Waals surface area contributed by atoms with Crippen molar-refractivity contribution in [1.29, 1.82) is 0 Å². The first-order valence-corrected chi connectivity index (χ1v) is 6.18. The van der Waals surface area contributed by atoms with Crippen molar-refractivity contribution in [2.45, 2.75) is 6.42 Å². The van der Waals surface area contributed by atoms with E-state index in [9.17, 15) is 14.4 Å². The van der Waals surface area contributed by atoms with Crippen LogP contribution in [0.1, 0.15) is 6.42 Å². The number of aliphatic carboxylic acids is 1. The SMILES string of the molecule is O=C(O)CNC(=O)CN1CCC(=O)Nc2ccccc21. The summed E-state index contributed by atoms with van der Waals surface area (Å²) in [5.41, 5.74) is 1.41. The van der Waals surface area contributed by atoms with Gasteiger partial charge in [-0.05, 0) is 12.1 Å². The van der Waals surface area contributed by atoms with Gasteiger partial charge in [0.15, 0.2) is 0 Å². The van der Waals surface area contributed by atoms with Crippen molar-refractivity contribution in [3.05, 3.63) is 24.3 Å². The smallest absolute Gasteiger partial charge is 0.322 e. The molecule has 20 heavy (non-hydrogen) atoms. The summed E-state index contributed by atoms with van der Waals surface area (Å²) < 4.78 is 0. The third kappa shape index (κ3) is 3.47. The van der Waals surface area contributed by atoms with Crippen molar-refractivity contribution in [3.63, 3.8) is 0 Å². The molecule has 0 unspecified atom stereocenters. The Labute approximate surface area is 115 Å². The number of hydrogen-bond acceptors (Lipinski definition) is 4. The van der Waals surface area contributed by atoms with E-state index < -0.39 is 18.4 Å². The van der Waals surface area contributed by atoms with E-state index in [1.807, 2.05) is 12.1 Å². The fourth-order valence-corrected chi connectivity index (χ4v) is 1.99. The number of carbonyl (C=O) groups excluding carboxylic acids is 2. The molecule has 1 aliphatic rings. The summed E-state index contributed by atoms with van der Waals surface area (Å²) in [7, 11) is 0. The van der Waals surface area contributed by atoms with E-state index in [-0.39, 0.29) is 18.9 Å². The maximum absolute atomic E-state index is 11.7. The molecular formula is C13H15N3O4. The second-order valence-electron chi connectivity index (χ2n) is 4.41. The molecule has 1 heterocycles. The molecule has 1 aliphatic heterocycles. The number of para-hydroxylation sites is 2. The van der Waals surface area contributed by atoms with E-state index in [0.717, 1.165) is 5.69 Å². The Balaban J connectivity index is 2.09. The molecule has 0 aliphatic carbocycles. The number of nitrogens with one attached hydrogen (secondary N) is 2. The average molecular weight is 277 g/mol. The van der Waals surface area contributed by atoms with E-state index in [1.165, 1.54) is 0 Å². The largest absolute Gasteiger partial charge is 0.480 e. The Morgan fingerprint density at radius 1 is 1.35 bits per heavy atom. The first-order valence-electron chi connectivity index (χ1n) is 6.18. The standard InChI is InChI=1S/C13H15N3O4/c17-11-5-6-16(8-12(18)14-7-13(19)20)10-4-2-1-3-9(10)15-11/h1-4H,5-8H2,(H,14,18)(H,15,17)(H,19,20). The number of anilines is 2. The maximum atomic E-state index is 11.7. The van der Waals surface area contributed by atoms with Gasteiger partial charge in [-0.25, -0.2) is 0 Å². The van der Waals surface area contributed by atoms with Gasteiger partial charge in [0.25, 0.3) is 0 Å². The minimum Gasteiger partial charge on any atom is -0.480 e. The van der Waals surface area contributed by atoms with Crippen LogP contribution in [0.4, 0.5) is 11.4 Å². The Hall–Kier alpha value is -2.57. The number of benzene rings is 1. The van der Waals surface area contributed by atoms with Crippen molar-refractivity contribution < 1.29 is 19.5 Å². The highest BCUT2D eigenvalue weighted by Gasteiger charge is 2.20. The number of amides is 2. The Bertz CT molecular complexity index is 544. The first kappa shape index (κ1) is 13.9. The molecule has 1 aromatic rings.